The molecule has 10 heteroatoms. The average molecular weight is 292 g/mol. The number of hydrogen-bond donors (Lipinski definition) is 5. The van der Waals surface area contributed by atoms with Gasteiger partial charge in [-0.15, -0.1) is 0 Å². The zero-order valence-electron chi connectivity index (χ0n) is 10.4. The van der Waals surface area contributed by atoms with Crippen molar-refractivity contribution < 1.29 is 39.6 Å². The monoisotopic (exact) mass is 292 g/mol. The van der Waals surface area contributed by atoms with E-state index in [1.54, 1.807) is 0 Å². The summed E-state index contributed by atoms with van der Waals surface area (Å²) in [6.07, 6.45) is -1.72. The van der Waals surface area contributed by atoms with Crippen molar-refractivity contribution in [1.82, 2.24) is 4.90 Å². The number of carboxylic acids is 4. The number of nitrogens with two attached hydrogens (primary N) is 1. The molecule has 0 spiro atoms. The number of carboxylic acid groups (broad SMARTS) is 4. The topological polar surface area (TPSA) is 178 Å². The highest BCUT2D eigenvalue weighted by molar-refractivity contribution is 5.84. The fourth-order valence-corrected chi connectivity index (χ4v) is 1.70. The molecule has 0 rings (SSSR count). The molecule has 1 unspecified atom stereocenters. The van der Waals surface area contributed by atoms with Crippen molar-refractivity contribution in [1.29, 1.82) is 0 Å². The van der Waals surface area contributed by atoms with E-state index in [-0.39, 0.29) is 13.1 Å². The smallest absolute Gasteiger partial charge is 0.321 e. The number of rotatable bonds is 10. The third-order valence-electron chi connectivity index (χ3n) is 2.49. The van der Waals surface area contributed by atoms with Gasteiger partial charge in [-0.3, -0.25) is 24.1 Å². The van der Waals surface area contributed by atoms with E-state index in [9.17, 15) is 19.2 Å². The molecule has 0 saturated heterocycles. The summed E-state index contributed by atoms with van der Waals surface area (Å²) in [6.45, 7) is -0.401. The first-order chi connectivity index (χ1) is 9.20. The van der Waals surface area contributed by atoms with E-state index in [1.165, 1.54) is 0 Å². The van der Waals surface area contributed by atoms with Crippen LogP contribution in [0.15, 0.2) is 0 Å². The van der Waals surface area contributed by atoms with Crippen LogP contribution in [-0.2, 0) is 19.2 Å². The minimum atomic E-state index is -1.67. The molecule has 0 aliphatic heterocycles. The van der Waals surface area contributed by atoms with E-state index < -0.39 is 48.8 Å². The largest absolute Gasteiger partial charge is 0.481 e. The number of aliphatic carboxylic acids is 4. The summed E-state index contributed by atoms with van der Waals surface area (Å²) in [7, 11) is 0. The van der Waals surface area contributed by atoms with Crippen molar-refractivity contribution in [3.63, 3.8) is 0 Å². The molecule has 0 amide bonds. The molecule has 0 saturated carbocycles. The van der Waals surface area contributed by atoms with E-state index in [1.807, 2.05) is 0 Å². The molecule has 0 aliphatic carbocycles. The predicted octanol–water partition coefficient (Wildman–Crippen LogP) is -1.90. The zero-order valence-corrected chi connectivity index (χ0v) is 10.4. The van der Waals surface area contributed by atoms with Crippen molar-refractivity contribution in [3.8, 4) is 0 Å². The fraction of sp³-hybridized carbons (Fsp3) is 0.600. The van der Waals surface area contributed by atoms with Gasteiger partial charge in [0.2, 0.25) is 0 Å². The van der Waals surface area contributed by atoms with Crippen LogP contribution in [0.2, 0.25) is 0 Å². The molecule has 0 aliphatic rings. The minimum Gasteiger partial charge on any atom is -0.481 e. The van der Waals surface area contributed by atoms with Gasteiger partial charge in [0.05, 0.1) is 12.8 Å². The van der Waals surface area contributed by atoms with E-state index in [0.29, 0.717) is 0 Å². The highest BCUT2D eigenvalue weighted by atomic mass is 16.4. The molecule has 20 heavy (non-hydrogen) atoms. The van der Waals surface area contributed by atoms with Crippen LogP contribution in [0, 0.1) is 0 Å². The zero-order chi connectivity index (χ0) is 15.9. The quantitative estimate of drug-likeness (QED) is 0.305. The maximum absolute atomic E-state index is 11.1. The van der Waals surface area contributed by atoms with Gasteiger partial charge in [-0.1, -0.05) is 0 Å². The van der Waals surface area contributed by atoms with Gasteiger partial charge < -0.3 is 26.2 Å². The van der Waals surface area contributed by atoms with Crippen LogP contribution in [0.25, 0.3) is 0 Å². The first-order valence-corrected chi connectivity index (χ1v) is 5.55. The highest BCUT2D eigenvalue weighted by Gasteiger charge is 2.37. The van der Waals surface area contributed by atoms with E-state index in [2.05, 4.69) is 0 Å². The lowest BCUT2D eigenvalue weighted by molar-refractivity contribution is -0.158. The number of nitrogens with zero attached hydrogens (tertiary/aromatic N) is 1. The van der Waals surface area contributed by atoms with Gasteiger partial charge in [-0.2, -0.15) is 0 Å². The standard InChI is InChI=1S/C10H16N2O8/c11-1-2-12(5(9(17)18)3-7(13)14)6(10(19)20)4-8(15)16/h5-6H,1-4,11H2,(H,13,14)(H,15,16)(H,17,18)(H,19,20)/t5-,6?/m0/s1. The van der Waals surface area contributed by atoms with Gasteiger partial charge in [0, 0.05) is 13.1 Å². The Morgan fingerprint density at radius 3 is 1.40 bits per heavy atom. The van der Waals surface area contributed by atoms with Crippen LogP contribution >= 0.6 is 0 Å². The van der Waals surface area contributed by atoms with E-state index >= 15 is 0 Å². The Labute approximate surface area is 113 Å². The maximum atomic E-state index is 11.1. The molecule has 0 aromatic heterocycles. The summed E-state index contributed by atoms with van der Waals surface area (Å²) in [6, 6.07) is -3.34. The lowest BCUT2D eigenvalue weighted by atomic mass is 10.1. The molecular formula is C10H16N2O8. The normalized spacial score (nSPS) is 13.7. The Hall–Kier alpha value is -2.20. The van der Waals surface area contributed by atoms with Gasteiger partial charge in [-0.05, 0) is 0 Å². The van der Waals surface area contributed by atoms with Crippen LogP contribution in [0.4, 0.5) is 0 Å². The minimum absolute atomic E-state index is 0.146. The summed E-state index contributed by atoms with van der Waals surface area (Å²) in [5, 5.41) is 35.3. The van der Waals surface area contributed by atoms with E-state index in [4.69, 9.17) is 26.2 Å². The summed E-state index contributed by atoms with van der Waals surface area (Å²) >= 11 is 0. The Morgan fingerprint density at radius 2 is 1.20 bits per heavy atom. The Kier molecular flexibility index (Phi) is 7.18. The molecule has 0 bridgehead atoms. The van der Waals surface area contributed by atoms with Crippen LogP contribution in [0.3, 0.4) is 0 Å². The molecule has 2 atom stereocenters. The predicted molar refractivity (Wildman–Crippen MR) is 63.1 cm³/mol. The molecule has 0 aromatic carbocycles. The summed E-state index contributed by atoms with van der Waals surface area (Å²) in [4.78, 5) is 44.2. The van der Waals surface area contributed by atoms with Crippen molar-refractivity contribution in [3.05, 3.63) is 0 Å². The Balaban J connectivity index is 5.40. The Morgan fingerprint density at radius 1 is 0.850 bits per heavy atom. The number of carbonyl (C=O) groups is 4. The first kappa shape index (κ1) is 17.8. The second kappa shape index (κ2) is 8.07. The van der Waals surface area contributed by atoms with E-state index in [0.717, 1.165) is 4.90 Å². The van der Waals surface area contributed by atoms with Gasteiger partial charge in [0.1, 0.15) is 12.1 Å². The van der Waals surface area contributed by atoms with Crippen molar-refractivity contribution >= 4 is 23.9 Å². The van der Waals surface area contributed by atoms with Crippen molar-refractivity contribution in [2.24, 2.45) is 5.73 Å². The van der Waals surface area contributed by atoms with Crippen LogP contribution in [0.5, 0.6) is 0 Å². The third-order valence-corrected chi connectivity index (χ3v) is 2.49. The summed E-state index contributed by atoms with van der Waals surface area (Å²) < 4.78 is 0. The SMILES string of the molecule is NCCN(C(CC(=O)O)C(=O)O)[C@@H](CC(=O)O)C(=O)O. The molecule has 0 radical (unpaired) electrons. The van der Waals surface area contributed by atoms with Gasteiger partial charge in [-0.25, -0.2) is 0 Å². The fourth-order valence-electron chi connectivity index (χ4n) is 1.70. The molecule has 0 aromatic rings. The lowest BCUT2D eigenvalue weighted by Crippen LogP contribution is -2.53. The molecule has 10 nitrogen and oxygen atoms in total. The highest BCUT2D eigenvalue weighted by Crippen LogP contribution is 2.13. The summed E-state index contributed by atoms with van der Waals surface area (Å²) in [5.74, 6) is -6.01. The van der Waals surface area contributed by atoms with Crippen molar-refractivity contribution in [2.75, 3.05) is 13.1 Å². The van der Waals surface area contributed by atoms with Gasteiger partial charge in [0.25, 0.3) is 0 Å². The average Bonchev–Trinajstić information content (AvgIpc) is 2.29. The summed E-state index contributed by atoms with van der Waals surface area (Å²) in [5.41, 5.74) is 5.24. The van der Waals surface area contributed by atoms with Crippen LogP contribution in [0.1, 0.15) is 12.8 Å². The molecule has 114 valence electrons. The molecular weight excluding hydrogens is 276 g/mol. The molecule has 0 heterocycles. The second-order valence-electron chi connectivity index (χ2n) is 3.93. The van der Waals surface area contributed by atoms with Crippen LogP contribution < -0.4 is 5.73 Å². The number of hydrogen-bond acceptors (Lipinski definition) is 6. The lowest BCUT2D eigenvalue weighted by Gasteiger charge is -2.31. The third kappa shape index (κ3) is 5.63. The first-order valence-electron chi connectivity index (χ1n) is 5.55. The Bertz CT molecular complexity index is 363. The second-order valence-corrected chi connectivity index (χ2v) is 3.93. The van der Waals surface area contributed by atoms with Gasteiger partial charge in [0.15, 0.2) is 0 Å². The van der Waals surface area contributed by atoms with Crippen LogP contribution in [-0.4, -0.2) is 74.4 Å². The maximum Gasteiger partial charge on any atom is 0.321 e. The van der Waals surface area contributed by atoms with Crippen molar-refractivity contribution in [2.45, 2.75) is 24.9 Å². The van der Waals surface area contributed by atoms with Gasteiger partial charge >= 0.3 is 23.9 Å². The molecule has 6 N–H and O–H groups in total. The molecule has 0 fully saturated rings.